The van der Waals surface area contributed by atoms with Gasteiger partial charge in [0.25, 0.3) is 5.91 Å². The molecule has 1 aromatic carbocycles. The molecule has 0 spiro atoms. The number of amides is 1. The Morgan fingerprint density at radius 3 is 2.71 bits per heavy atom. The fourth-order valence-electron chi connectivity index (χ4n) is 3.65. The minimum atomic E-state index is -1.70. The third-order valence-electron chi connectivity index (χ3n) is 5.33. The Morgan fingerprint density at radius 2 is 2.06 bits per heavy atom. The topological polar surface area (TPSA) is 117 Å². The molecule has 1 aliphatic heterocycles. The van der Waals surface area contributed by atoms with Crippen LogP contribution in [0.3, 0.4) is 0 Å². The fraction of sp³-hybridized carbons (Fsp3) is 0.364. The number of aromatic nitrogens is 2. The average molecular weight is 442 g/mol. The standard InChI is InChI=1S/C22H23N3O5S/c1-12(2)9-16-18(20(26)27)23-19(31-16)14-6-4-5-13(10-14)15-11-17(30-24-15)22(29)7-8-25(3)21(22)28/h4-6,10-12,29H,7-9H2,1-3H3,(H,26,27). The number of likely N-dealkylation sites (tertiary alicyclic amines) is 1. The molecule has 0 aliphatic carbocycles. The summed E-state index contributed by atoms with van der Waals surface area (Å²) < 4.78 is 5.33. The van der Waals surface area contributed by atoms with Gasteiger partial charge in [0, 0.05) is 42.1 Å². The van der Waals surface area contributed by atoms with Crippen molar-refractivity contribution in [1.29, 1.82) is 0 Å². The van der Waals surface area contributed by atoms with Gasteiger partial charge in [-0.25, -0.2) is 9.78 Å². The van der Waals surface area contributed by atoms with E-state index in [4.69, 9.17) is 4.52 Å². The van der Waals surface area contributed by atoms with Crippen molar-refractivity contribution >= 4 is 23.2 Å². The van der Waals surface area contributed by atoms with Gasteiger partial charge in [0.1, 0.15) is 10.7 Å². The van der Waals surface area contributed by atoms with E-state index in [9.17, 15) is 19.8 Å². The molecule has 0 saturated carbocycles. The number of aromatic carboxylic acids is 1. The van der Waals surface area contributed by atoms with Crippen molar-refractivity contribution in [3.05, 3.63) is 46.7 Å². The van der Waals surface area contributed by atoms with E-state index in [1.54, 1.807) is 13.1 Å². The fourth-order valence-corrected chi connectivity index (χ4v) is 4.91. The van der Waals surface area contributed by atoms with Crippen LogP contribution in [0.25, 0.3) is 21.8 Å². The first-order chi connectivity index (χ1) is 14.7. The van der Waals surface area contributed by atoms with Gasteiger partial charge in [0.2, 0.25) is 5.60 Å². The van der Waals surface area contributed by atoms with Crippen LogP contribution in [0.5, 0.6) is 0 Å². The molecule has 0 bridgehead atoms. The Hall–Kier alpha value is -3.04. The summed E-state index contributed by atoms with van der Waals surface area (Å²) in [6, 6.07) is 8.94. The molecule has 9 heteroatoms. The van der Waals surface area contributed by atoms with Crippen LogP contribution in [0.2, 0.25) is 0 Å². The monoisotopic (exact) mass is 441 g/mol. The van der Waals surface area contributed by atoms with Gasteiger partial charge in [-0.2, -0.15) is 0 Å². The summed E-state index contributed by atoms with van der Waals surface area (Å²) in [6.07, 6.45) is 0.888. The van der Waals surface area contributed by atoms with Crippen LogP contribution in [0.15, 0.2) is 34.9 Å². The summed E-state index contributed by atoms with van der Waals surface area (Å²) in [4.78, 5) is 30.5. The predicted octanol–water partition coefficient (Wildman–Crippen LogP) is 3.41. The van der Waals surface area contributed by atoms with Crippen LogP contribution in [-0.4, -0.2) is 50.7 Å². The molecule has 2 aromatic heterocycles. The van der Waals surface area contributed by atoms with Crippen LogP contribution in [-0.2, 0) is 16.8 Å². The Labute approximate surface area is 183 Å². The molecule has 2 N–H and O–H groups in total. The normalized spacial score (nSPS) is 18.9. The third kappa shape index (κ3) is 3.86. The summed E-state index contributed by atoms with van der Waals surface area (Å²) in [5, 5.41) is 24.9. The van der Waals surface area contributed by atoms with Gasteiger partial charge in [-0.15, -0.1) is 11.3 Å². The number of aliphatic hydroxyl groups is 1. The van der Waals surface area contributed by atoms with E-state index in [1.807, 2.05) is 38.1 Å². The van der Waals surface area contributed by atoms with E-state index in [-0.39, 0.29) is 17.9 Å². The van der Waals surface area contributed by atoms with Crippen molar-refractivity contribution in [3.63, 3.8) is 0 Å². The second-order valence-corrected chi connectivity index (χ2v) is 9.27. The number of hydrogen-bond donors (Lipinski definition) is 2. The average Bonchev–Trinajstić information content (AvgIpc) is 3.44. The number of benzene rings is 1. The predicted molar refractivity (Wildman–Crippen MR) is 115 cm³/mol. The molecular weight excluding hydrogens is 418 g/mol. The number of likely N-dealkylation sites (N-methyl/N-ethyl adjacent to an activating group) is 1. The molecule has 3 heterocycles. The van der Waals surface area contributed by atoms with E-state index in [0.717, 1.165) is 10.4 Å². The smallest absolute Gasteiger partial charge is 0.355 e. The number of carbonyl (C=O) groups excluding carboxylic acids is 1. The number of rotatable bonds is 6. The number of nitrogens with zero attached hydrogens (tertiary/aromatic N) is 3. The van der Waals surface area contributed by atoms with Gasteiger partial charge < -0.3 is 19.6 Å². The van der Waals surface area contributed by atoms with Gasteiger partial charge in [0.05, 0.1) is 0 Å². The summed E-state index contributed by atoms with van der Waals surface area (Å²) >= 11 is 1.37. The Balaban J connectivity index is 1.67. The molecule has 8 nitrogen and oxygen atoms in total. The van der Waals surface area contributed by atoms with Gasteiger partial charge in [0.15, 0.2) is 11.5 Å². The van der Waals surface area contributed by atoms with E-state index >= 15 is 0 Å². The zero-order valence-electron chi connectivity index (χ0n) is 17.5. The van der Waals surface area contributed by atoms with Crippen molar-refractivity contribution in [2.75, 3.05) is 13.6 Å². The van der Waals surface area contributed by atoms with Crippen molar-refractivity contribution < 1.29 is 24.3 Å². The molecule has 1 aliphatic rings. The second kappa shape index (κ2) is 7.90. The number of carbonyl (C=O) groups is 2. The van der Waals surface area contributed by atoms with Gasteiger partial charge in [-0.05, 0) is 18.4 Å². The van der Waals surface area contributed by atoms with Gasteiger partial charge in [-0.1, -0.05) is 37.2 Å². The Morgan fingerprint density at radius 1 is 1.32 bits per heavy atom. The number of carboxylic acids is 1. The van der Waals surface area contributed by atoms with Crippen molar-refractivity contribution in [1.82, 2.24) is 15.0 Å². The quantitative estimate of drug-likeness (QED) is 0.602. The van der Waals surface area contributed by atoms with Gasteiger partial charge in [-0.3, -0.25) is 4.79 Å². The summed E-state index contributed by atoms with van der Waals surface area (Å²) in [7, 11) is 1.63. The summed E-state index contributed by atoms with van der Waals surface area (Å²) in [5.41, 5.74) is 0.348. The maximum absolute atomic E-state index is 12.3. The lowest BCUT2D eigenvalue weighted by atomic mass is 9.98. The lowest BCUT2D eigenvalue weighted by Gasteiger charge is -2.16. The van der Waals surface area contributed by atoms with E-state index in [2.05, 4.69) is 10.1 Å². The van der Waals surface area contributed by atoms with Gasteiger partial charge >= 0.3 is 5.97 Å². The molecule has 1 saturated heterocycles. The Kier molecular flexibility index (Phi) is 5.40. The number of hydrogen-bond acceptors (Lipinski definition) is 7. The van der Waals surface area contributed by atoms with Crippen molar-refractivity contribution in [3.8, 4) is 21.8 Å². The zero-order chi connectivity index (χ0) is 22.3. The molecule has 1 unspecified atom stereocenters. The van der Waals surface area contributed by atoms with Crippen LogP contribution in [0.1, 0.15) is 41.4 Å². The molecule has 4 rings (SSSR count). The number of thiazole rings is 1. The third-order valence-corrected chi connectivity index (χ3v) is 6.45. The molecule has 162 valence electrons. The van der Waals surface area contributed by atoms with E-state index in [1.165, 1.54) is 16.2 Å². The highest BCUT2D eigenvalue weighted by atomic mass is 32.1. The maximum Gasteiger partial charge on any atom is 0.355 e. The summed E-state index contributed by atoms with van der Waals surface area (Å²) in [5.74, 6) is -1.01. The Bertz CT molecular complexity index is 1150. The first-order valence-corrected chi connectivity index (χ1v) is 10.8. The van der Waals surface area contributed by atoms with Crippen LogP contribution in [0, 0.1) is 5.92 Å². The highest BCUT2D eigenvalue weighted by molar-refractivity contribution is 7.15. The SMILES string of the molecule is CC(C)Cc1sc(-c2cccc(-c3cc(C4(O)CCN(C)C4=O)on3)c2)nc1C(=O)O. The second-order valence-electron chi connectivity index (χ2n) is 8.19. The maximum atomic E-state index is 12.3. The molecule has 3 aromatic rings. The highest BCUT2D eigenvalue weighted by Crippen LogP contribution is 2.36. The summed E-state index contributed by atoms with van der Waals surface area (Å²) in [6.45, 7) is 4.51. The van der Waals surface area contributed by atoms with Crippen molar-refractivity contribution in [2.24, 2.45) is 5.92 Å². The number of carboxylic acid groups (broad SMARTS) is 1. The minimum Gasteiger partial charge on any atom is -0.476 e. The minimum absolute atomic E-state index is 0.0916. The lowest BCUT2D eigenvalue weighted by molar-refractivity contribution is -0.144. The molecule has 1 atom stereocenters. The van der Waals surface area contributed by atoms with Crippen LogP contribution >= 0.6 is 11.3 Å². The zero-order valence-corrected chi connectivity index (χ0v) is 18.3. The highest BCUT2D eigenvalue weighted by Gasteiger charge is 2.48. The molecule has 0 radical (unpaired) electrons. The first-order valence-electron chi connectivity index (χ1n) is 9.98. The molecule has 1 amide bonds. The van der Waals surface area contributed by atoms with E-state index in [0.29, 0.717) is 35.1 Å². The molecule has 31 heavy (non-hydrogen) atoms. The largest absolute Gasteiger partial charge is 0.476 e. The van der Waals surface area contributed by atoms with Crippen molar-refractivity contribution in [2.45, 2.75) is 32.3 Å². The van der Waals surface area contributed by atoms with Crippen LogP contribution < -0.4 is 0 Å². The molecular formula is C22H23N3O5S. The first kappa shape index (κ1) is 21.2. The van der Waals surface area contributed by atoms with Crippen LogP contribution in [0.4, 0.5) is 0 Å². The lowest BCUT2D eigenvalue weighted by Crippen LogP contribution is -2.35. The molecule has 1 fully saturated rings. The van der Waals surface area contributed by atoms with E-state index < -0.39 is 17.5 Å².